The van der Waals surface area contributed by atoms with Gasteiger partial charge in [-0.15, -0.1) is 0 Å². The predicted octanol–water partition coefficient (Wildman–Crippen LogP) is 5.35. The molecule has 0 aliphatic heterocycles. The monoisotopic (exact) mass is 472 g/mol. The lowest BCUT2D eigenvalue weighted by atomic mass is 10.0. The summed E-state index contributed by atoms with van der Waals surface area (Å²) in [6, 6.07) is 22.6. The van der Waals surface area contributed by atoms with Crippen molar-refractivity contribution in [2.45, 2.75) is 13.0 Å². The molecule has 3 N–H and O–H groups in total. The number of carbonyl (C=O) groups excluding carboxylic acids is 1. The summed E-state index contributed by atoms with van der Waals surface area (Å²) in [7, 11) is 0. The van der Waals surface area contributed by atoms with E-state index in [2.05, 4.69) is 20.6 Å². The fourth-order valence-corrected chi connectivity index (χ4v) is 3.57. The minimum absolute atomic E-state index is 0.135. The van der Waals surface area contributed by atoms with Gasteiger partial charge in [0, 0.05) is 17.4 Å². The molecule has 3 aromatic carbocycles. The average Bonchev–Trinajstić information content (AvgIpc) is 2.89. The average molecular weight is 473 g/mol. The minimum Gasteiger partial charge on any atom is -0.462 e. The maximum Gasteiger partial charge on any atom is 0.343 e. The molecule has 0 unspecified atom stereocenters. The summed E-state index contributed by atoms with van der Waals surface area (Å²) >= 11 is 0. The first kappa shape index (κ1) is 23.8. The van der Waals surface area contributed by atoms with Crippen LogP contribution in [0.15, 0.2) is 85.1 Å². The molecule has 4 aromatic rings. The fraction of sp³-hybridized carbons (Fsp3) is 0.148. The number of nitrogens with one attached hydrogen (secondary N) is 2. The topological polar surface area (TPSA) is 96.4 Å². The molecule has 0 radical (unpaired) electrons. The number of aliphatic hydroxyl groups is 1. The number of carbonyl (C=O) groups is 1. The second-order valence-electron chi connectivity index (χ2n) is 7.65. The van der Waals surface area contributed by atoms with Gasteiger partial charge < -0.3 is 20.5 Å². The first-order valence-electron chi connectivity index (χ1n) is 11.2. The van der Waals surface area contributed by atoms with E-state index in [1.54, 1.807) is 19.1 Å². The molecule has 8 heteroatoms. The van der Waals surface area contributed by atoms with Gasteiger partial charge in [-0.25, -0.2) is 14.2 Å². The van der Waals surface area contributed by atoms with Gasteiger partial charge >= 0.3 is 5.97 Å². The Morgan fingerprint density at radius 3 is 2.46 bits per heavy atom. The predicted molar refractivity (Wildman–Crippen MR) is 133 cm³/mol. The van der Waals surface area contributed by atoms with Gasteiger partial charge in [0.25, 0.3) is 0 Å². The van der Waals surface area contributed by atoms with Crippen LogP contribution in [0.2, 0.25) is 0 Å². The molecule has 0 bridgehead atoms. The van der Waals surface area contributed by atoms with Crippen molar-refractivity contribution in [2.24, 2.45) is 0 Å². The Morgan fingerprint density at radius 2 is 1.77 bits per heavy atom. The Balaban J connectivity index is 1.66. The zero-order valence-corrected chi connectivity index (χ0v) is 19.1. The number of halogens is 1. The van der Waals surface area contributed by atoms with Crippen LogP contribution in [0, 0.1) is 5.82 Å². The van der Waals surface area contributed by atoms with Crippen molar-refractivity contribution in [2.75, 3.05) is 23.8 Å². The van der Waals surface area contributed by atoms with Crippen LogP contribution in [-0.2, 0) is 4.74 Å². The molecule has 7 nitrogen and oxygen atoms in total. The number of esters is 1. The molecule has 0 amide bonds. The smallest absolute Gasteiger partial charge is 0.343 e. The van der Waals surface area contributed by atoms with Crippen LogP contribution in [0.4, 0.5) is 21.8 Å². The summed E-state index contributed by atoms with van der Waals surface area (Å²) in [4.78, 5) is 21.2. The van der Waals surface area contributed by atoms with Crippen LogP contribution in [0.3, 0.4) is 0 Å². The number of aliphatic hydroxyl groups excluding tert-OH is 1. The standard InChI is InChI=1S/C27H25FN4O3/c1-2-35-26(34)22-16-29-27(32-25(22)31-24(17-33)19-11-7-4-8-12-19)30-20-13-14-23(28)21(15-20)18-9-5-3-6-10-18/h3-16,24,33H,2,17H2,1H3,(H2,29,30,31,32)/t24-/m1/s1. The number of aromatic nitrogens is 2. The number of nitrogens with zero attached hydrogens (tertiary/aromatic N) is 2. The summed E-state index contributed by atoms with van der Waals surface area (Å²) in [6.07, 6.45) is 1.36. The Morgan fingerprint density at radius 1 is 1.06 bits per heavy atom. The Labute approximate surface area is 202 Å². The molecule has 178 valence electrons. The third-order valence-corrected chi connectivity index (χ3v) is 5.29. The van der Waals surface area contributed by atoms with Gasteiger partial charge in [-0.1, -0.05) is 60.7 Å². The lowest BCUT2D eigenvalue weighted by molar-refractivity contribution is 0.0526. The number of anilines is 3. The van der Waals surface area contributed by atoms with Gasteiger partial charge in [-0.05, 0) is 36.2 Å². The molecule has 0 aliphatic rings. The summed E-state index contributed by atoms with van der Waals surface area (Å²) < 4.78 is 19.6. The van der Waals surface area contributed by atoms with Crippen molar-refractivity contribution in [3.63, 3.8) is 0 Å². The molecule has 0 fully saturated rings. The van der Waals surface area contributed by atoms with Crippen molar-refractivity contribution in [3.05, 3.63) is 102 Å². The van der Waals surface area contributed by atoms with E-state index in [0.717, 1.165) is 11.1 Å². The van der Waals surface area contributed by atoms with E-state index in [0.29, 0.717) is 11.3 Å². The van der Waals surface area contributed by atoms with Crippen LogP contribution in [0.5, 0.6) is 0 Å². The van der Waals surface area contributed by atoms with E-state index in [1.165, 1.54) is 12.3 Å². The van der Waals surface area contributed by atoms with Gasteiger partial charge in [-0.2, -0.15) is 4.98 Å². The van der Waals surface area contributed by atoms with Gasteiger partial charge in [0.15, 0.2) is 0 Å². The van der Waals surface area contributed by atoms with Gasteiger partial charge in [0.1, 0.15) is 17.2 Å². The van der Waals surface area contributed by atoms with E-state index in [9.17, 15) is 14.3 Å². The molecule has 4 rings (SSSR count). The van der Waals surface area contributed by atoms with Crippen molar-refractivity contribution >= 4 is 23.4 Å². The van der Waals surface area contributed by atoms with Crippen molar-refractivity contribution in [1.29, 1.82) is 0 Å². The normalized spacial score (nSPS) is 11.5. The van der Waals surface area contributed by atoms with Gasteiger partial charge in [0.2, 0.25) is 5.95 Å². The van der Waals surface area contributed by atoms with E-state index in [-0.39, 0.29) is 36.4 Å². The first-order chi connectivity index (χ1) is 17.1. The molecule has 0 saturated carbocycles. The van der Waals surface area contributed by atoms with E-state index in [1.807, 2.05) is 60.7 Å². The number of ether oxygens (including phenoxy) is 1. The summed E-state index contributed by atoms with van der Waals surface area (Å²) in [5, 5.41) is 16.2. The minimum atomic E-state index is -0.584. The number of hydrogen-bond donors (Lipinski definition) is 3. The van der Waals surface area contributed by atoms with Crippen LogP contribution in [0.1, 0.15) is 28.9 Å². The van der Waals surface area contributed by atoms with Crippen LogP contribution in [0.25, 0.3) is 11.1 Å². The van der Waals surface area contributed by atoms with Crippen LogP contribution >= 0.6 is 0 Å². The molecular formula is C27H25FN4O3. The molecule has 1 aromatic heterocycles. The van der Waals surface area contributed by atoms with Crippen molar-refractivity contribution in [3.8, 4) is 11.1 Å². The lowest BCUT2D eigenvalue weighted by Crippen LogP contribution is -2.19. The van der Waals surface area contributed by atoms with E-state index >= 15 is 0 Å². The van der Waals surface area contributed by atoms with Crippen LogP contribution < -0.4 is 10.6 Å². The van der Waals surface area contributed by atoms with Crippen molar-refractivity contribution in [1.82, 2.24) is 9.97 Å². The van der Waals surface area contributed by atoms with Gasteiger partial charge in [0.05, 0.1) is 19.3 Å². The SMILES string of the molecule is CCOC(=O)c1cnc(Nc2ccc(F)c(-c3ccccc3)c2)nc1N[C@H](CO)c1ccccc1. The van der Waals surface area contributed by atoms with Gasteiger partial charge in [-0.3, -0.25) is 0 Å². The van der Waals surface area contributed by atoms with Crippen molar-refractivity contribution < 1.29 is 19.0 Å². The lowest BCUT2D eigenvalue weighted by Gasteiger charge is -2.19. The summed E-state index contributed by atoms with van der Waals surface area (Å²) in [5.41, 5.74) is 2.70. The number of hydrogen-bond acceptors (Lipinski definition) is 7. The molecule has 1 heterocycles. The third kappa shape index (κ3) is 5.80. The molecule has 1 atom stereocenters. The van der Waals surface area contributed by atoms with E-state index < -0.39 is 12.0 Å². The Kier molecular flexibility index (Phi) is 7.64. The number of benzene rings is 3. The molecule has 0 spiro atoms. The highest BCUT2D eigenvalue weighted by Crippen LogP contribution is 2.28. The largest absolute Gasteiger partial charge is 0.462 e. The Bertz CT molecular complexity index is 1290. The highest BCUT2D eigenvalue weighted by molar-refractivity contribution is 5.94. The molecule has 0 saturated heterocycles. The maximum atomic E-state index is 14.5. The highest BCUT2D eigenvalue weighted by Gasteiger charge is 2.20. The highest BCUT2D eigenvalue weighted by atomic mass is 19.1. The van der Waals surface area contributed by atoms with Crippen LogP contribution in [-0.4, -0.2) is 34.3 Å². The first-order valence-corrected chi connectivity index (χ1v) is 11.2. The second kappa shape index (κ2) is 11.2. The summed E-state index contributed by atoms with van der Waals surface area (Å²) in [6.45, 7) is 1.68. The molecular weight excluding hydrogens is 447 g/mol. The zero-order valence-electron chi connectivity index (χ0n) is 19.1. The quantitative estimate of drug-likeness (QED) is 0.283. The molecule has 0 aliphatic carbocycles. The maximum absolute atomic E-state index is 14.5. The van der Waals surface area contributed by atoms with E-state index in [4.69, 9.17) is 4.74 Å². The Hall–Kier alpha value is -4.30. The number of rotatable bonds is 9. The summed E-state index contributed by atoms with van der Waals surface area (Å²) in [5.74, 6) is -0.541. The zero-order chi connectivity index (χ0) is 24.6. The third-order valence-electron chi connectivity index (χ3n) is 5.29. The fourth-order valence-electron chi connectivity index (χ4n) is 3.57. The molecule has 35 heavy (non-hydrogen) atoms. The second-order valence-corrected chi connectivity index (χ2v) is 7.65.